The van der Waals surface area contributed by atoms with E-state index in [0.717, 1.165) is 37.2 Å². The van der Waals surface area contributed by atoms with Gasteiger partial charge in [-0.15, -0.1) is 0 Å². The Morgan fingerprint density at radius 2 is 2.50 bits per heavy atom. The molecule has 18 heavy (non-hydrogen) atoms. The summed E-state index contributed by atoms with van der Waals surface area (Å²) in [5.41, 5.74) is 2.30. The molecule has 3 rings (SSSR count). The fourth-order valence-electron chi connectivity index (χ4n) is 2.70. The van der Waals surface area contributed by atoms with Crippen LogP contribution in [0.2, 0.25) is 0 Å². The molecular weight excluding hydrogens is 232 g/mol. The molecule has 1 amide bonds. The second-order valence-corrected chi connectivity index (χ2v) is 4.94. The number of carbonyl (C=O) groups is 1. The third kappa shape index (κ3) is 2.02. The first-order valence-corrected chi connectivity index (χ1v) is 6.34. The van der Waals surface area contributed by atoms with E-state index in [9.17, 15) is 4.79 Å². The molecular formula is C12H18N4O2. The minimum Gasteiger partial charge on any atom is -0.380 e. The summed E-state index contributed by atoms with van der Waals surface area (Å²) in [4.78, 5) is 14.3. The predicted octanol–water partition coefficient (Wildman–Crippen LogP) is -0.329. The molecule has 1 aromatic rings. The number of ether oxygens (including phenoxy) is 1. The average Bonchev–Trinajstić information content (AvgIpc) is 3.05. The maximum Gasteiger partial charge on any atom is 0.240 e. The van der Waals surface area contributed by atoms with Crippen molar-refractivity contribution in [3.63, 3.8) is 0 Å². The van der Waals surface area contributed by atoms with Gasteiger partial charge < -0.3 is 15.0 Å². The Balaban J connectivity index is 1.64. The lowest BCUT2D eigenvalue weighted by Gasteiger charge is -2.28. The van der Waals surface area contributed by atoms with Gasteiger partial charge in [-0.25, -0.2) is 0 Å². The molecule has 0 aromatic carbocycles. The van der Waals surface area contributed by atoms with Gasteiger partial charge in [0.1, 0.15) is 0 Å². The number of rotatable bonds is 2. The third-order valence-electron chi connectivity index (χ3n) is 3.83. The Morgan fingerprint density at radius 3 is 3.28 bits per heavy atom. The molecule has 0 radical (unpaired) electrons. The minimum absolute atomic E-state index is 0.0941. The van der Waals surface area contributed by atoms with Gasteiger partial charge in [0.25, 0.3) is 0 Å². The second kappa shape index (κ2) is 4.70. The topological polar surface area (TPSA) is 70.2 Å². The van der Waals surface area contributed by atoms with E-state index >= 15 is 0 Å². The molecule has 0 bridgehead atoms. The van der Waals surface area contributed by atoms with E-state index in [1.165, 1.54) is 0 Å². The zero-order valence-corrected chi connectivity index (χ0v) is 10.5. The summed E-state index contributed by atoms with van der Waals surface area (Å²) in [5, 5.41) is 10.2. The molecule has 0 unspecified atom stereocenters. The van der Waals surface area contributed by atoms with Crippen LogP contribution < -0.4 is 5.32 Å². The van der Waals surface area contributed by atoms with Crippen molar-refractivity contribution >= 4 is 5.91 Å². The highest BCUT2D eigenvalue weighted by Crippen LogP contribution is 2.19. The van der Waals surface area contributed by atoms with Crippen LogP contribution in [-0.2, 0) is 22.5 Å². The third-order valence-corrected chi connectivity index (χ3v) is 3.83. The fraction of sp³-hybridized carbons (Fsp3) is 0.667. The number of carbonyl (C=O) groups excluding carboxylic acids is 1. The standard InChI is InChI=1S/C12H18N4O2/c1-18-9-4-11(13-6-9)12(17)16-3-2-10-8(7-16)5-14-15-10/h5,9,11,13H,2-4,6-7H2,1H3,(H,14,15)/t9-,11+/m0/s1. The summed E-state index contributed by atoms with van der Waals surface area (Å²) in [6.07, 6.45) is 3.61. The highest BCUT2D eigenvalue weighted by molar-refractivity contribution is 5.82. The molecule has 1 aromatic heterocycles. The van der Waals surface area contributed by atoms with Gasteiger partial charge in [-0.2, -0.15) is 5.10 Å². The van der Waals surface area contributed by atoms with Crippen LogP contribution in [0.5, 0.6) is 0 Å². The van der Waals surface area contributed by atoms with Crippen LogP contribution in [0.3, 0.4) is 0 Å². The maximum atomic E-state index is 12.4. The van der Waals surface area contributed by atoms with Crippen LogP contribution in [0.15, 0.2) is 6.20 Å². The average molecular weight is 250 g/mol. The van der Waals surface area contributed by atoms with Gasteiger partial charge in [-0.3, -0.25) is 9.89 Å². The van der Waals surface area contributed by atoms with Crippen molar-refractivity contribution in [3.05, 3.63) is 17.5 Å². The van der Waals surface area contributed by atoms with Crippen LogP contribution >= 0.6 is 0 Å². The molecule has 1 fully saturated rings. The number of fused-ring (bicyclic) bond motifs is 1. The maximum absolute atomic E-state index is 12.4. The van der Waals surface area contributed by atoms with Crippen LogP contribution in [0, 0.1) is 0 Å². The van der Waals surface area contributed by atoms with E-state index in [4.69, 9.17) is 4.74 Å². The summed E-state index contributed by atoms with van der Waals surface area (Å²) in [6, 6.07) is -0.0941. The summed E-state index contributed by atoms with van der Waals surface area (Å²) in [5.74, 6) is 0.182. The first-order chi connectivity index (χ1) is 8.78. The second-order valence-electron chi connectivity index (χ2n) is 4.94. The van der Waals surface area contributed by atoms with Gasteiger partial charge in [0, 0.05) is 44.4 Å². The Morgan fingerprint density at radius 1 is 1.61 bits per heavy atom. The van der Waals surface area contributed by atoms with Crippen molar-refractivity contribution in [2.75, 3.05) is 20.2 Å². The number of nitrogens with zero attached hydrogens (tertiary/aromatic N) is 2. The Hall–Kier alpha value is -1.40. The lowest BCUT2D eigenvalue weighted by molar-refractivity contribution is -0.134. The molecule has 2 atom stereocenters. The van der Waals surface area contributed by atoms with Crippen LogP contribution in [0.4, 0.5) is 0 Å². The van der Waals surface area contributed by atoms with Crippen molar-refractivity contribution in [2.24, 2.45) is 0 Å². The van der Waals surface area contributed by atoms with E-state index in [0.29, 0.717) is 6.54 Å². The van der Waals surface area contributed by atoms with Gasteiger partial charge in [0.05, 0.1) is 18.3 Å². The molecule has 3 heterocycles. The predicted molar refractivity (Wildman–Crippen MR) is 64.9 cm³/mol. The molecule has 6 nitrogen and oxygen atoms in total. The van der Waals surface area contributed by atoms with E-state index in [2.05, 4.69) is 15.5 Å². The summed E-state index contributed by atoms with van der Waals surface area (Å²) in [7, 11) is 1.69. The number of aromatic nitrogens is 2. The van der Waals surface area contributed by atoms with Crippen molar-refractivity contribution in [1.29, 1.82) is 0 Å². The van der Waals surface area contributed by atoms with Gasteiger partial charge in [-0.05, 0) is 6.42 Å². The fourth-order valence-corrected chi connectivity index (χ4v) is 2.70. The first-order valence-electron chi connectivity index (χ1n) is 6.34. The number of aromatic amines is 1. The van der Waals surface area contributed by atoms with Crippen molar-refractivity contribution < 1.29 is 9.53 Å². The van der Waals surface area contributed by atoms with E-state index in [-0.39, 0.29) is 18.1 Å². The van der Waals surface area contributed by atoms with Crippen molar-refractivity contribution in [2.45, 2.75) is 31.5 Å². The zero-order chi connectivity index (χ0) is 12.5. The normalized spacial score (nSPS) is 27.3. The van der Waals surface area contributed by atoms with Gasteiger partial charge >= 0.3 is 0 Å². The van der Waals surface area contributed by atoms with Crippen molar-refractivity contribution in [3.8, 4) is 0 Å². The number of H-pyrrole nitrogens is 1. The highest BCUT2D eigenvalue weighted by Gasteiger charge is 2.33. The van der Waals surface area contributed by atoms with Gasteiger partial charge in [-0.1, -0.05) is 0 Å². The summed E-state index contributed by atoms with van der Waals surface area (Å²) >= 11 is 0. The van der Waals surface area contributed by atoms with Crippen LogP contribution in [0.1, 0.15) is 17.7 Å². The van der Waals surface area contributed by atoms with Crippen molar-refractivity contribution in [1.82, 2.24) is 20.4 Å². The Labute approximate surface area is 106 Å². The van der Waals surface area contributed by atoms with E-state index < -0.39 is 0 Å². The number of hydrogen-bond donors (Lipinski definition) is 2. The Bertz CT molecular complexity index is 445. The smallest absolute Gasteiger partial charge is 0.240 e. The lowest BCUT2D eigenvalue weighted by atomic mass is 10.1. The molecule has 2 aliphatic heterocycles. The number of amides is 1. The SMILES string of the molecule is CO[C@@H]1CN[C@@H](C(=O)N2CCc3[nH]ncc3C2)C1. The largest absolute Gasteiger partial charge is 0.380 e. The summed E-state index contributed by atoms with van der Waals surface area (Å²) in [6.45, 7) is 2.20. The molecule has 1 saturated heterocycles. The van der Waals surface area contributed by atoms with Crippen LogP contribution in [-0.4, -0.2) is 53.3 Å². The number of hydrogen-bond acceptors (Lipinski definition) is 4. The minimum atomic E-state index is -0.0941. The highest BCUT2D eigenvalue weighted by atomic mass is 16.5. The lowest BCUT2D eigenvalue weighted by Crippen LogP contribution is -2.45. The number of methoxy groups -OCH3 is 1. The van der Waals surface area contributed by atoms with Gasteiger partial charge in [0.15, 0.2) is 0 Å². The van der Waals surface area contributed by atoms with E-state index in [1.54, 1.807) is 7.11 Å². The van der Waals surface area contributed by atoms with E-state index in [1.807, 2.05) is 11.1 Å². The molecule has 98 valence electrons. The quantitative estimate of drug-likeness (QED) is 0.754. The van der Waals surface area contributed by atoms with Crippen LogP contribution in [0.25, 0.3) is 0 Å². The van der Waals surface area contributed by atoms with Gasteiger partial charge in [0.2, 0.25) is 5.91 Å². The molecule has 0 spiro atoms. The molecule has 0 aliphatic carbocycles. The molecule has 2 aliphatic rings. The Kier molecular flexibility index (Phi) is 3.05. The molecule has 2 N–H and O–H groups in total. The monoisotopic (exact) mass is 250 g/mol. The molecule has 6 heteroatoms. The molecule has 0 saturated carbocycles. The first kappa shape index (κ1) is 11.7. The summed E-state index contributed by atoms with van der Waals surface area (Å²) < 4.78 is 5.27. The zero-order valence-electron chi connectivity index (χ0n) is 10.5. The number of nitrogens with one attached hydrogen (secondary N) is 2.